The van der Waals surface area contributed by atoms with Gasteiger partial charge in [0.2, 0.25) is 11.8 Å². The maximum Gasteiger partial charge on any atom is 0.250 e. The number of hydrogen-bond donors (Lipinski definition) is 1. The summed E-state index contributed by atoms with van der Waals surface area (Å²) >= 11 is 3.34. The van der Waals surface area contributed by atoms with Crippen LogP contribution in [0.25, 0.3) is 0 Å². The SMILES string of the molecule is CC1NC(=O)C(C)N(c2ccc(Br)cc2)C1=O. The highest BCUT2D eigenvalue weighted by Crippen LogP contribution is 2.23. The van der Waals surface area contributed by atoms with Gasteiger partial charge in [0, 0.05) is 10.2 Å². The minimum Gasteiger partial charge on any atom is -0.343 e. The molecule has 1 aliphatic heterocycles. The second-order valence-electron chi connectivity index (χ2n) is 4.09. The highest BCUT2D eigenvalue weighted by atomic mass is 79.9. The van der Waals surface area contributed by atoms with Crippen LogP contribution in [0.2, 0.25) is 0 Å². The molecule has 1 N–H and O–H groups in total. The van der Waals surface area contributed by atoms with E-state index in [0.717, 1.165) is 10.2 Å². The van der Waals surface area contributed by atoms with Crippen LogP contribution in [0, 0.1) is 0 Å². The fraction of sp³-hybridized carbons (Fsp3) is 0.333. The Labute approximate surface area is 108 Å². The molecule has 1 aromatic carbocycles. The number of nitrogens with one attached hydrogen (secondary N) is 1. The first-order valence-electron chi connectivity index (χ1n) is 5.39. The minimum absolute atomic E-state index is 0.0839. The Morgan fingerprint density at radius 2 is 1.76 bits per heavy atom. The summed E-state index contributed by atoms with van der Waals surface area (Å²) in [7, 11) is 0. The molecule has 1 aliphatic rings. The van der Waals surface area contributed by atoms with Crippen molar-refractivity contribution in [2.75, 3.05) is 4.90 Å². The van der Waals surface area contributed by atoms with Crippen LogP contribution in [0.1, 0.15) is 13.8 Å². The van der Waals surface area contributed by atoms with Crippen LogP contribution < -0.4 is 10.2 Å². The number of piperazine rings is 1. The van der Waals surface area contributed by atoms with Gasteiger partial charge in [-0.25, -0.2) is 0 Å². The Bertz CT molecular complexity index is 458. The van der Waals surface area contributed by atoms with Crippen molar-refractivity contribution in [3.8, 4) is 0 Å². The third-order valence-corrected chi connectivity index (χ3v) is 3.37. The Morgan fingerprint density at radius 3 is 2.35 bits per heavy atom. The Hall–Kier alpha value is -1.36. The molecule has 2 unspecified atom stereocenters. The zero-order valence-corrected chi connectivity index (χ0v) is 11.2. The van der Waals surface area contributed by atoms with Crippen molar-refractivity contribution in [2.45, 2.75) is 25.9 Å². The van der Waals surface area contributed by atoms with Gasteiger partial charge in [-0.1, -0.05) is 15.9 Å². The summed E-state index contributed by atoms with van der Waals surface area (Å²) in [6.07, 6.45) is 0. The first kappa shape index (κ1) is 12.1. The molecule has 1 aromatic rings. The number of amides is 2. The van der Waals surface area contributed by atoms with Crippen molar-refractivity contribution in [2.24, 2.45) is 0 Å². The number of nitrogens with zero attached hydrogens (tertiary/aromatic N) is 1. The molecule has 2 atom stereocenters. The van der Waals surface area contributed by atoms with Gasteiger partial charge in [-0.2, -0.15) is 0 Å². The van der Waals surface area contributed by atoms with E-state index in [4.69, 9.17) is 0 Å². The highest BCUT2D eigenvalue weighted by Gasteiger charge is 2.36. The normalized spacial score (nSPS) is 24.8. The van der Waals surface area contributed by atoms with Crippen LogP contribution >= 0.6 is 15.9 Å². The van der Waals surface area contributed by atoms with Gasteiger partial charge >= 0.3 is 0 Å². The minimum atomic E-state index is -0.472. The number of carbonyl (C=O) groups is 2. The van der Waals surface area contributed by atoms with E-state index >= 15 is 0 Å². The van der Waals surface area contributed by atoms with E-state index in [1.807, 2.05) is 24.3 Å². The number of anilines is 1. The summed E-state index contributed by atoms with van der Waals surface area (Å²) in [4.78, 5) is 25.3. The fourth-order valence-corrected chi connectivity index (χ4v) is 2.13. The molecule has 1 fully saturated rings. The predicted molar refractivity (Wildman–Crippen MR) is 68.7 cm³/mol. The van der Waals surface area contributed by atoms with Crippen LogP contribution in [0.4, 0.5) is 5.69 Å². The van der Waals surface area contributed by atoms with E-state index in [-0.39, 0.29) is 11.8 Å². The van der Waals surface area contributed by atoms with Crippen molar-refractivity contribution >= 4 is 33.4 Å². The molecule has 0 spiro atoms. The Kier molecular flexibility index (Phi) is 3.19. The average Bonchev–Trinajstić information content (AvgIpc) is 2.29. The van der Waals surface area contributed by atoms with E-state index in [1.54, 1.807) is 13.8 Å². The standard InChI is InChI=1S/C12H13BrN2O2/c1-7-12(17)15(8(2)11(16)14-7)10-5-3-9(13)4-6-10/h3-8H,1-2H3,(H,14,16). The Morgan fingerprint density at radius 1 is 1.18 bits per heavy atom. The van der Waals surface area contributed by atoms with Crippen molar-refractivity contribution in [1.29, 1.82) is 0 Å². The highest BCUT2D eigenvalue weighted by molar-refractivity contribution is 9.10. The molecule has 5 heteroatoms. The molecular weight excluding hydrogens is 284 g/mol. The van der Waals surface area contributed by atoms with Crippen molar-refractivity contribution in [3.05, 3.63) is 28.7 Å². The Balaban J connectivity index is 2.37. The quantitative estimate of drug-likeness (QED) is 0.857. The first-order chi connectivity index (χ1) is 8.00. The van der Waals surface area contributed by atoms with Crippen LogP contribution in [0.5, 0.6) is 0 Å². The van der Waals surface area contributed by atoms with Gasteiger partial charge in [-0.15, -0.1) is 0 Å². The van der Waals surface area contributed by atoms with Gasteiger partial charge in [0.1, 0.15) is 12.1 Å². The van der Waals surface area contributed by atoms with Gasteiger partial charge in [-0.3, -0.25) is 14.5 Å². The van der Waals surface area contributed by atoms with E-state index in [2.05, 4.69) is 21.2 Å². The first-order valence-corrected chi connectivity index (χ1v) is 6.19. The van der Waals surface area contributed by atoms with E-state index in [1.165, 1.54) is 4.90 Å². The van der Waals surface area contributed by atoms with Crippen LogP contribution in [0.3, 0.4) is 0 Å². The van der Waals surface area contributed by atoms with E-state index in [9.17, 15) is 9.59 Å². The van der Waals surface area contributed by atoms with Gasteiger partial charge in [0.25, 0.3) is 0 Å². The summed E-state index contributed by atoms with van der Waals surface area (Å²) in [6.45, 7) is 3.42. The predicted octanol–water partition coefficient (Wildman–Crippen LogP) is 1.69. The second-order valence-corrected chi connectivity index (χ2v) is 5.01. The zero-order valence-electron chi connectivity index (χ0n) is 9.61. The molecule has 1 heterocycles. The molecule has 0 radical (unpaired) electrons. The summed E-state index contributed by atoms with van der Waals surface area (Å²) in [5.74, 6) is -0.209. The molecule has 1 saturated heterocycles. The molecule has 4 nitrogen and oxygen atoms in total. The summed E-state index contributed by atoms with van der Waals surface area (Å²) in [5.41, 5.74) is 0.743. The summed E-state index contributed by atoms with van der Waals surface area (Å²) in [5, 5.41) is 2.65. The lowest BCUT2D eigenvalue weighted by molar-refractivity contribution is -0.133. The number of rotatable bonds is 1. The molecule has 17 heavy (non-hydrogen) atoms. The van der Waals surface area contributed by atoms with Gasteiger partial charge in [-0.05, 0) is 38.1 Å². The smallest absolute Gasteiger partial charge is 0.250 e. The average molecular weight is 297 g/mol. The fourth-order valence-electron chi connectivity index (χ4n) is 1.87. The van der Waals surface area contributed by atoms with Crippen molar-refractivity contribution < 1.29 is 9.59 Å². The molecule has 0 aliphatic carbocycles. The molecule has 0 bridgehead atoms. The molecule has 2 amide bonds. The van der Waals surface area contributed by atoms with E-state index < -0.39 is 12.1 Å². The van der Waals surface area contributed by atoms with E-state index in [0.29, 0.717) is 0 Å². The summed E-state index contributed by atoms with van der Waals surface area (Å²) < 4.78 is 0.941. The second kappa shape index (κ2) is 4.49. The molecule has 2 rings (SSSR count). The van der Waals surface area contributed by atoms with Gasteiger partial charge in [0.05, 0.1) is 0 Å². The van der Waals surface area contributed by atoms with Crippen molar-refractivity contribution in [3.63, 3.8) is 0 Å². The van der Waals surface area contributed by atoms with Crippen LogP contribution in [0.15, 0.2) is 28.7 Å². The lowest BCUT2D eigenvalue weighted by Gasteiger charge is -2.36. The van der Waals surface area contributed by atoms with Gasteiger partial charge < -0.3 is 5.32 Å². The number of benzene rings is 1. The molecular formula is C12H13BrN2O2. The topological polar surface area (TPSA) is 49.4 Å². The number of carbonyl (C=O) groups excluding carboxylic acids is 2. The molecule has 0 saturated carbocycles. The van der Waals surface area contributed by atoms with Crippen LogP contribution in [-0.4, -0.2) is 23.9 Å². The largest absolute Gasteiger partial charge is 0.343 e. The maximum absolute atomic E-state index is 12.1. The maximum atomic E-state index is 12.1. The molecule has 0 aromatic heterocycles. The monoisotopic (exact) mass is 296 g/mol. The third kappa shape index (κ3) is 2.20. The van der Waals surface area contributed by atoms with Gasteiger partial charge in [0.15, 0.2) is 0 Å². The lowest BCUT2D eigenvalue weighted by atomic mass is 10.1. The number of hydrogen-bond acceptors (Lipinski definition) is 2. The van der Waals surface area contributed by atoms with Crippen LogP contribution in [-0.2, 0) is 9.59 Å². The zero-order chi connectivity index (χ0) is 12.6. The van der Waals surface area contributed by atoms with Crippen molar-refractivity contribution in [1.82, 2.24) is 5.32 Å². The summed E-state index contributed by atoms with van der Waals surface area (Å²) in [6, 6.07) is 6.41. The third-order valence-electron chi connectivity index (χ3n) is 2.84. The lowest BCUT2D eigenvalue weighted by Crippen LogP contribution is -2.61. The number of halogens is 1. The molecule has 90 valence electrons.